The molecule has 6 nitrogen and oxygen atoms in total. The minimum Gasteiger partial charge on any atom is -0.264 e. The molecule has 1 aromatic rings. The second-order valence-corrected chi connectivity index (χ2v) is 3.35. The predicted octanol–water partition coefficient (Wildman–Crippen LogP) is 0.817. The molecular formula is C10H11N5O. The molecule has 1 N–H and O–H groups in total. The van der Waals surface area contributed by atoms with E-state index in [9.17, 15) is 4.79 Å². The Morgan fingerprint density at radius 1 is 1.62 bits per heavy atom. The first-order chi connectivity index (χ1) is 7.75. The molecule has 0 unspecified atom stereocenters. The van der Waals surface area contributed by atoms with Crippen molar-refractivity contribution < 1.29 is 4.79 Å². The molecule has 0 aliphatic carbocycles. The molecule has 2 amide bonds. The van der Waals surface area contributed by atoms with E-state index in [2.05, 4.69) is 20.6 Å². The van der Waals surface area contributed by atoms with Crippen molar-refractivity contribution in [1.82, 2.24) is 15.4 Å². The molecule has 82 valence electrons. The van der Waals surface area contributed by atoms with E-state index in [0.717, 1.165) is 11.3 Å². The Labute approximate surface area is 92.7 Å². The zero-order valence-electron chi connectivity index (χ0n) is 8.79. The van der Waals surface area contributed by atoms with Gasteiger partial charge in [-0.05, 0) is 13.0 Å². The van der Waals surface area contributed by atoms with Gasteiger partial charge in [-0.15, -0.1) is 0 Å². The molecule has 2 heterocycles. The van der Waals surface area contributed by atoms with Crippen molar-refractivity contribution >= 4 is 18.0 Å². The van der Waals surface area contributed by atoms with Crippen LogP contribution in [0.15, 0.2) is 34.7 Å². The maximum absolute atomic E-state index is 11.3. The number of nitrogens with one attached hydrogen (secondary N) is 1. The molecule has 16 heavy (non-hydrogen) atoms. The van der Waals surface area contributed by atoms with Crippen molar-refractivity contribution in [2.75, 3.05) is 6.54 Å². The van der Waals surface area contributed by atoms with Gasteiger partial charge >= 0.3 is 6.03 Å². The van der Waals surface area contributed by atoms with Gasteiger partial charge in [0.2, 0.25) is 0 Å². The Kier molecular flexibility index (Phi) is 2.90. The number of nitrogens with zero attached hydrogens (tertiary/aromatic N) is 4. The van der Waals surface area contributed by atoms with Crippen LogP contribution in [0.2, 0.25) is 0 Å². The van der Waals surface area contributed by atoms with E-state index in [4.69, 9.17) is 0 Å². The van der Waals surface area contributed by atoms with Gasteiger partial charge in [0.1, 0.15) is 0 Å². The normalized spacial score (nSPS) is 16.2. The van der Waals surface area contributed by atoms with Crippen molar-refractivity contribution in [3.63, 3.8) is 0 Å². The first-order valence-electron chi connectivity index (χ1n) is 4.80. The van der Waals surface area contributed by atoms with Crippen LogP contribution in [0.5, 0.6) is 0 Å². The van der Waals surface area contributed by atoms with Gasteiger partial charge in [0.25, 0.3) is 0 Å². The summed E-state index contributed by atoms with van der Waals surface area (Å²) < 4.78 is 0. The quantitative estimate of drug-likeness (QED) is 0.745. The van der Waals surface area contributed by atoms with E-state index < -0.39 is 0 Å². The molecule has 0 saturated heterocycles. The molecule has 0 spiro atoms. The van der Waals surface area contributed by atoms with Gasteiger partial charge in [0.05, 0.1) is 18.5 Å². The summed E-state index contributed by atoms with van der Waals surface area (Å²) >= 11 is 0. The lowest BCUT2D eigenvalue weighted by Crippen LogP contribution is -2.42. The molecular weight excluding hydrogens is 206 g/mol. The van der Waals surface area contributed by atoms with Gasteiger partial charge in [-0.25, -0.2) is 15.2 Å². The second-order valence-electron chi connectivity index (χ2n) is 3.35. The Balaban J connectivity index is 2.07. The highest BCUT2D eigenvalue weighted by Crippen LogP contribution is 1.99. The average Bonchev–Trinajstić information content (AvgIpc) is 2.32. The van der Waals surface area contributed by atoms with Crippen LogP contribution < -0.4 is 5.43 Å². The van der Waals surface area contributed by atoms with Crippen LogP contribution in [0, 0.1) is 0 Å². The average molecular weight is 217 g/mol. The third-order valence-electron chi connectivity index (χ3n) is 1.99. The van der Waals surface area contributed by atoms with Crippen molar-refractivity contribution in [2.24, 2.45) is 10.2 Å². The molecule has 2 rings (SSSR count). The standard InChI is InChI=1S/C10H11N5O/c1-8-7-15(10(16)14-13-8)12-6-9-3-2-4-11-5-9/h2-6H,7H2,1H3,(H,14,16)/b12-6+. The monoisotopic (exact) mass is 217 g/mol. The van der Waals surface area contributed by atoms with E-state index in [1.165, 1.54) is 5.01 Å². The molecule has 0 radical (unpaired) electrons. The molecule has 0 aromatic carbocycles. The summed E-state index contributed by atoms with van der Waals surface area (Å²) in [6.07, 6.45) is 4.94. The van der Waals surface area contributed by atoms with Gasteiger partial charge in [-0.1, -0.05) is 6.07 Å². The fraction of sp³-hybridized carbons (Fsp3) is 0.200. The Morgan fingerprint density at radius 2 is 2.50 bits per heavy atom. The number of amides is 2. The number of hydrogen-bond acceptors (Lipinski definition) is 4. The topological polar surface area (TPSA) is 70.0 Å². The maximum atomic E-state index is 11.3. The third kappa shape index (κ3) is 2.41. The lowest BCUT2D eigenvalue weighted by atomic mass is 10.3. The smallest absolute Gasteiger partial charge is 0.264 e. The van der Waals surface area contributed by atoms with E-state index in [0.29, 0.717) is 6.54 Å². The van der Waals surface area contributed by atoms with Gasteiger partial charge in [0.15, 0.2) is 0 Å². The maximum Gasteiger partial charge on any atom is 0.358 e. The van der Waals surface area contributed by atoms with Crippen LogP contribution in [-0.2, 0) is 0 Å². The summed E-state index contributed by atoms with van der Waals surface area (Å²) in [6.45, 7) is 2.23. The molecule has 0 saturated carbocycles. The zero-order chi connectivity index (χ0) is 11.4. The number of carbonyl (C=O) groups excluding carboxylic acids is 1. The molecule has 1 aliphatic heterocycles. The van der Waals surface area contributed by atoms with Crippen molar-refractivity contribution in [1.29, 1.82) is 0 Å². The van der Waals surface area contributed by atoms with Gasteiger partial charge < -0.3 is 0 Å². The number of hydrazone groups is 2. The highest BCUT2D eigenvalue weighted by Gasteiger charge is 2.16. The number of rotatable bonds is 2. The first-order valence-corrected chi connectivity index (χ1v) is 4.80. The Bertz CT molecular complexity index is 440. The number of pyridine rings is 1. The first kappa shape index (κ1) is 10.3. The molecule has 0 bridgehead atoms. The summed E-state index contributed by atoms with van der Waals surface area (Å²) in [6, 6.07) is 3.34. The van der Waals surface area contributed by atoms with Crippen molar-refractivity contribution in [3.8, 4) is 0 Å². The zero-order valence-corrected chi connectivity index (χ0v) is 8.79. The SMILES string of the molecule is CC1=NNC(=O)N(/N=C/c2cccnc2)C1. The van der Waals surface area contributed by atoms with Crippen LogP contribution in [-0.4, -0.2) is 34.5 Å². The fourth-order valence-corrected chi connectivity index (χ4v) is 1.21. The fourth-order valence-electron chi connectivity index (χ4n) is 1.21. The van der Waals surface area contributed by atoms with E-state index >= 15 is 0 Å². The highest BCUT2D eigenvalue weighted by atomic mass is 16.2. The van der Waals surface area contributed by atoms with E-state index in [1.54, 1.807) is 18.6 Å². The Hall–Kier alpha value is -2.24. The van der Waals surface area contributed by atoms with Crippen LogP contribution in [0.3, 0.4) is 0 Å². The van der Waals surface area contributed by atoms with Crippen molar-refractivity contribution in [3.05, 3.63) is 30.1 Å². The minimum absolute atomic E-state index is 0.328. The van der Waals surface area contributed by atoms with Crippen LogP contribution in [0.1, 0.15) is 12.5 Å². The second kappa shape index (κ2) is 4.52. The van der Waals surface area contributed by atoms with E-state index in [-0.39, 0.29) is 6.03 Å². The molecule has 0 atom stereocenters. The minimum atomic E-state index is -0.328. The number of hydrogen-bond donors (Lipinski definition) is 1. The summed E-state index contributed by atoms with van der Waals surface area (Å²) in [4.78, 5) is 15.3. The molecule has 0 fully saturated rings. The number of carbonyl (C=O) groups is 1. The summed E-state index contributed by atoms with van der Waals surface area (Å²) in [7, 11) is 0. The van der Waals surface area contributed by atoms with Gasteiger partial charge in [0, 0.05) is 18.0 Å². The Morgan fingerprint density at radius 3 is 3.25 bits per heavy atom. The third-order valence-corrected chi connectivity index (χ3v) is 1.99. The van der Waals surface area contributed by atoms with Gasteiger partial charge in [-0.3, -0.25) is 4.98 Å². The predicted molar refractivity (Wildman–Crippen MR) is 60.2 cm³/mol. The molecule has 6 heteroatoms. The van der Waals surface area contributed by atoms with Crippen LogP contribution in [0.4, 0.5) is 4.79 Å². The van der Waals surface area contributed by atoms with E-state index in [1.807, 2.05) is 19.1 Å². The summed E-state index contributed by atoms with van der Waals surface area (Å²) in [5.74, 6) is 0. The van der Waals surface area contributed by atoms with Crippen LogP contribution >= 0.6 is 0 Å². The molecule has 1 aromatic heterocycles. The lowest BCUT2D eigenvalue weighted by molar-refractivity contribution is 0.204. The summed E-state index contributed by atoms with van der Waals surface area (Å²) in [5, 5.41) is 9.18. The number of urea groups is 1. The van der Waals surface area contributed by atoms with Crippen LogP contribution in [0.25, 0.3) is 0 Å². The molecule has 1 aliphatic rings. The van der Waals surface area contributed by atoms with Crippen molar-refractivity contribution in [2.45, 2.75) is 6.92 Å². The summed E-state index contributed by atoms with van der Waals surface area (Å²) in [5.41, 5.74) is 4.02. The lowest BCUT2D eigenvalue weighted by Gasteiger charge is -2.20. The number of aromatic nitrogens is 1. The highest BCUT2D eigenvalue weighted by molar-refractivity contribution is 5.92. The largest absolute Gasteiger partial charge is 0.358 e. The van der Waals surface area contributed by atoms with Gasteiger partial charge in [-0.2, -0.15) is 10.2 Å².